The van der Waals surface area contributed by atoms with Crippen molar-refractivity contribution >= 4 is 11.4 Å². The van der Waals surface area contributed by atoms with Crippen LogP contribution >= 0.6 is 0 Å². The van der Waals surface area contributed by atoms with E-state index in [1.54, 1.807) is 24.3 Å². The van der Waals surface area contributed by atoms with Gasteiger partial charge in [-0.1, -0.05) is 12.1 Å². The fourth-order valence-electron chi connectivity index (χ4n) is 2.91. The first-order valence-electron chi connectivity index (χ1n) is 8.32. The van der Waals surface area contributed by atoms with Crippen LogP contribution in [0.15, 0.2) is 24.3 Å². The highest BCUT2D eigenvalue weighted by molar-refractivity contribution is 5.69. The van der Waals surface area contributed by atoms with Crippen LogP contribution in [0, 0.1) is 0 Å². The number of hydrogen-bond donors (Lipinski definition) is 8. The van der Waals surface area contributed by atoms with Crippen molar-refractivity contribution in [2.75, 3.05) is 23.8 Å². The van der Waals surface area contributed by atoms with Crippen LogP contribution in [0.1, 0.15) is 0 Å². The molecular formula is C16H24N2O8. The van der Waals surface area contributed by atoms with Crippen molar-refractivity contribution in [1.29, 1.82) is 0 Å². The summed E-state index contributed by atoms with van der Waals surface area (Å²) in [7, 11) is 0. The van der Waals surface area contributed by atoms with Crippen LogP contribution in [-0.2, 0) is 9.47 Å². The maximum absolute atomic E-state index is 10.0. The molecule has 0 aromatic heterocycles. The van der Waals surface area contributed by atoms with E-state index in [0.717, 1.165) is 0 Å². The summed E-state index contributed by atoms with van der Waals surface area (Å²) in [6.07, 6.45) is -9.64. The van der Waals surface area contributed by atoms with Gasteiger partial charge in [-0.2, -0.15) is 0 Å². The largest absolute Gasteiger partial charge is 0.388 e. The molecule has 10 nitrogen and oxygen atoms in total. The highest BCUT2D eigenvalue weighted by Gasteiger charge is 2.39. The molecule has 146 valence electrons. The lowest BCUT2D eigenvalue weighted by Gasteiger charge is -2.38. The number of aliphatic hydroxyl groups excluding tert-OH is 6. The first-order chi connectivity index (χ1) is 12.4. The number of benzene rings is 1. The van der Waals surface area contributed by atoms with Crippen LogP contribution in [0.3, 0.4) is 0 Å². The van der Waals surface area contributed by atoms with Gasteiger partial charge in [-0.25, -0.2) is 0 Å². The van der Waals surface area contributed by atoms with E-state index >= 15 is 0 Å². The van der Waals surface area contributed by atoms with Crippen LogP contribution in [-0.4, -0.2) is 92.9 Å². The first-order valence-corrected chi connectivity index (χ1v) is 8.32. The van der Waals surface area contributed by atoms with Crippen LogP contribution < -0.4 is 10.6 Å². The van der Waals surface area contributed by atoms with Crippen molar-refractivity contribution in [3.8, 4) is 0 Å². The predicted octanol–water partition coefficient (Wildman–Crippen LogP) is -2.61. The Morgan fingerprint density at radius 2 is 1.04 bits per heavy atom. The summed E-state index contributed by atoms with van der Waals surface area (Å²) in [4.78, 5) is 0. The fourth-order valence-corrected chi connectivity index (χ4v) is 2.91. The lowest BCUT2D eigenvalue weighted by atomic mass is 10.0. The molecule has 10 heteroatoms. The normalized spacial score (nSPS) is 40.8. The predicted molar refractivity (Wildman–Crippen MR) is 89.2 cm³/mol. The highest BCUT2D eigenvalue weighted by Crippen LogP contribution is 2.27. The molecule has 1 aromatic rings. The van der Waals surface area contributed by atoms with Gasteiger partial charge < -0.3 is 50.7 Å². The zero-order chi connectivity index (χ0) is 18.8. The summed E-state index contributed by atoms with van der Waals surface area (Å²) in [5.41, 5.74) is 0.966. The summed E-state index contributed by atoms with van der Waals surface area (Å²) in [5.74, 6) is 0. The van der Waals surface area contributed by atoms with E-state index in [-0.39, 0.29) is 13.2 Å². The maximum atomic E-state index is 10.0. The molecule has 8 atom stereocenters. The molecule has 0 bridgehead atoms. The zero-order valence-electron chi connectivity index (χ0n) is 13.8. The lowest BCUT2D eigenvalue weighted by molar-refractivity contribution is -0.179. The third-order valence-electron chi connectivity index (χ3n) is 4.52. The SMILES string of the molecule is O[C@@H]1[C@H](O)[C@H](Nc2ccccc2N[C@H]2OC[C@@H](O)[C@@H](O)[C@@H]2O)OC[C@@H]1O. The van der Waals surface area contributed by atoms with E-state index in [2.05, 4.69) is 10.6 Å². The number of rotatable bonds is 4. The van der Waals surface area contributed by atoms with Crippen LogP contribution in [0.4, 0.5) is 11.4 Å². The van der Waals surface area contributed by atoms with Gasteiger partial charge in [0.15, 0.2) is 12.5 Å². The molecule has 2 aliphatic heterocycles. The number of para-hydroxylation sites is 2. The Morgan fingerprint density at radius 3 is 1.42 bits per heavy atom. The number of aliphatic hydroxyl groups is 6. The highest BCUT2D eigenvalue weighted by atomic mass is 16.5. The molecular weight excluding hydrogens is 348 g/mol. The standard InChI is InChI=1S/C16H24N2O8/c19-9-5-25-15(13(23)11(9)21)17-7-3-1-2-4-8(7)18-16-14(24)12(22)10(20)6-26-16/h1-4,9-24H,5-6H2/t9-,10+,11-,12+,13-,14-,15+,16-/m0/s1. The van der Waals surface area contributed by atoms with Gasteiger partial charge in [0.05, 0.1) is 24.6 Å². The van der Waals surface area contributed by atoms with Crippen LogP contribution in [0.2, 0.25) is 0 Å². The van der Waals surface area contributed by atoms with Crippen molar-refractivity contribution < 1.29 is 40.1 Å². The Kier molecular flexibility index (Phi) is 5.95. The Morgan fingerprint density at radius 1 is 0.654 bits per heavy atom. The molecule has 2 fully saturated rings. The van der Waals surface area contributed by atoms with Gasteiger partial charge in [-0.05, 0) is 12.1 Å². The molecule has 2 aliphatic rings. The number of nitrogens with one attached hydrogen (secondary N) is 2. The van der Waals surface area contributed by atoms with Gasteiger partial charge in [0, 0.05) is 0 Å². The molecule has 1 aromatic carbocycles. The Balaban J connectivity index is 1.71. The topological polar surface area (TPSA) is 164 Å². The van der Waals surface area contributed by atoms with E-state index in [1.165, 1.54) is 0 Å². The second-order valence-electron chi connectivity index (χ2n) is 6.44. The monoisotopic (exact) mass is 372 g/mol. The molecule has 8 N–H and O–H groups in total. The second kappa shape index (κ2) is 8.03. The third kappa shape index (κ3) is 3.92. The van der Waals surface area contributed by atoms with Gasteiger partial charge in [0.25, 0.3) is 0 Å². The average molecular weight is 372 g/mol. The molecule has 0 unspecified atom stereocenters. The van der Waals surface area contributed by atoms with Crippen molar-refractivity contribution in [3.63, 3.8) is 0 Å². The van der Waals surface area contributed by atoms with Gasteiger partial charge in [0.1, 0.15) is 36.6 Å². The Bertz CT molecular complexity index is 554. The molecule has 26 heavy (non-hydrogen) atoms. The summed E-state index contributed by atoms with van der Waals surface area (Å²) < 4.78 is 10.6. The summed E-state index contributed by atoms with van der Waals surface area (Å²) in [5, 5.41) is 64.5. The minimum atomic E-state index is -1.35. The van der Waals surface area contributed by atoms with E-state index in [1.807, 2.05) is 0 Å². The van der Waals surface area contributed by atoms with Crippen molar-refractivity contribution in [3.05, 3.63) is 24.3 Å². The minimum absolute atomic E-state index is 0.139. The molecule has 0 spiro atoms. The molecule has 2 saturated heterocycles. The van der Waals surface area contributed by atoms with Gasteiger partial charge in [-0.15, -0.1) is 0 Å². The van der Waals surface area contributed by atoms with E-state index in [0.29, 0.717) is 11.4 Å². The van der Waals surface area contributed by atoms with E-state index < -0.39 is 49.1 Å². The number of hydrogen-bond acceptors (Lipinski definition) is 10. The Labute approximate surface area is 149 Å². The van der Waals surface area contributed by atoms with Gasteiger partial charge in [0.2, 0.25) is 0 Å². The van der Waals surface area contributed by atoms with Crippen molar-refractivity contribution in [2.45, 2.75) is 49.1 Å². The van der Waals surface area contributed by atoms with Gasteiger partial charge >= 0.3 is 0 Å². The lowest BCUT2D eigenvalue weighted by Crippen LogP contribution is -2.56. The quantitative estimate of drug-likeness (QED) is 0.281. The average Bonchev–Trinajstić information content (AvgIpc) is 2.64. The molecule has 0 aliphatic carbocycles. The van der Waals surface area contributed by atoms with Crippen molar-refractivity contribution in [1.82, 2.24) is 0 Å². The Hall–Kier alpha value is -1.50. The van der Waals surface area contributed by atoms with Crippen molar-refractivity contribution in [2.24, 2.45) is 0 Å². The first kappa shape index (κ1) is 19.3. The smallest absolute Gasteiger partial charge is 0.156 e. The number of ether oxygens (including phenoxy) is 2. The minimum Gasteiger partial charge on any atom is -0.388 e. The van der Waals surface area contributed by atoms with E-state index in [4.69, 9.17) is 9.47 Å². The second-order valence-corrected chi connectivity index (χ2v) is 6.44. The summed E-state index contributed by atoms with van der Waals surface area (Å²) in [6, 6.07) is 6.81. The zero-order valence-corrected chi connectivity index (χ0v) is 13.8. The maximum Gasteiger partial charge on any atom is 0.156 e. The number of anilines is 2. The fraction of sp³-hybridized carbons (Fsp3) is 0.625. The molecule has 2 heterocycles. The van der Waals surface area contributed by atoms with Gasteiger partial charge in [-0.3, -0.25) is 0 Å². The molecule has 3 rings (SSSR count). The van der Waals surface area contributed by atoms with Crippen LogP contribution in [0.25, 0.3) is 0 Å². The molecule has 0 radical (unpaired) electrons. The van der Waals surface area contributed by atoms with Crippen LogP contribution in [0.5, 0.6) is 0 Å². The molecule has 0 saturated carbocycles. The summed E-state index contributed by atoms with van der Waals surface area (Å²) >= 11 is 0. The molecule has 0 amide bonds. The third-order valence-corrected chi connectivity index (χ3v) is 4.52. The van der Waals surface area contributed by atoms with E-state index in [9.17, 15) is 30.6 Å². The summed E-state index contributed by atoms with van der Waals surface area (Å²) in [6.45, 7) is -0.278.